The third kappa shape index (κ3) is 2.59. The Labute approximate surface area is 121 Å². The molecule has 0 fully saturated rings. The van der Waals surface area contributed by atoms with E-state index in [2.05, 4.69) is 4.98 Å². The normalized spacial score (nSPS) is 12.7. The fourth-order valence-corrected chi connectivity index (χ4v) is 2.61. The van der Waals surface area contributed by atoms with Gasteiger partial charge in [-0.1, -0.05) is 12.1 Å². The van der Waals surface area contributed by atoms with Gasteiger partial charge in [-0.15, -0.1) is 0 Å². The molecule has 21 heavy (non-hydrogen) atoms. The molecule has 2 N–H and O–H groups in total. The number of fused-ring (bicyclic) bond motifs is 1. The highest BCUT2D eigenvalue weighted by Gasteiger charge is 2.15. The maximum absolute atomic E-state index is 13.2. The lowest BCUT2D eigenvalue weighted by Crippen LogP contribution is -2.11. The van der Waals surface area contributed by atoms with Crippen molar-refractivity contribution in [2.24, 2.45) is 0 Å². The van der Waals surface area contributed by atoms with Gasteiger partial charge in [0.1, 0.15) is 11.6 Å². The van der Waals surface area contributed by atoms with E-state index in [0.717, 1.165) is 11.1 Å². The van der Waals surface area contributed by atoms with Crippen LogP contribution < -0.4 is 5.73 Å². The second kappa shape index (κ2) is 5.16. The summed E-state index contributed by atoms with van der Waals surface area (Å²) >= 11 is 0. The number of nitrogens with two attached hydrogens (primary N) is 1. The molecule has 0 saturated carbocycles. The van der Waals surface area contributed by atoms with E-state index in [0.29, 0.717) is 17.9 Å². The number of hydrogen-bond donors (Lipinski definition) is 1. The van der Waals surface area contributed by atoms with Crippen molar-refractivity contribution in [2.45, 2.75) is 19.4 Å². The molecule has 0 amide bonds. The molecular formula is C16H15F2N3. The van der Waals surface area contributed by atoms with Crippen molar-refractivity contribution in [3.8, 4) is 0 Å². The van der Waals surface area contributed by atoms with Crippen molar-refractivity contribution >= 4 is 17.0 Å². The molecule has 1 atom stereocenters. The average molecular weight is 287 g/mol. The maximum Gasteiger partial charge on any atom is 0.201 e. The number of imidazole rings is 1. The zero-order valence-corrected chi connectivity index (χ0v) is 11.6. The van der Waals surface area contributed by atoms with Gasteiger partial charge in [-0.25, -0.2) is 13.8 Å². The van der Waals surface area contributed by atoms with Crippen LogP contribution in [0.25, 0.3) is 11.0 Å². The van der Waals surface area contributed by atoms with Crippen molar-refractivity contribution in [2.75, 3.05) is 5.73 Å². The Bertz CT molecular complexity index is 778. The minimum Gasteiger partial charge on any atom is -0.369 e. The SMILES string of the molecule is CC(Cc1ccc(F)cc1)n1c(N)nc2cc(F)ccc21. The molecule has 1 heterocycles. The summed E-state index contributed by atoms with van der Waals surface area (Å²) in [5.41, 5.74) is 8.29. The molecule has 0 spiro atoms. The summed E-state index contributed by atoms with van der Waals surface area (Å²) in [4.78, 5) is 4.19. The highest BCUT2D eigenvalue weighted by molar-refractivity contribution is 5.78. The van der Waals surface area contributed by atoms with Crippen LogP contribution in [0.1, 0.15) is 18.5 Å². The predicted octanol–water partition coefficient (Wildman–Crippen LogP) is 3.70. The lowest BCUT2D eigenvalue weighted by atomic mass is 10.1. The molecule has 2 aromatic carbocycles. The second-order valence-electron chi connectivity index (χ2n) is 5.15. The van der Waals surface area contributed by atoms with Crippen LogP contribution in [0.2, 0.25) is 0 Å². The lowest BCUT2D eigenvalue weighted by molar-refractivity contribution is 0.564. The molecule has 3 rings (SSSR count). The van der Waals surface area contributed by atoms with Gasteiger partial charge in [-0.3, -0.25) is 0 Å². The van der Waals surface area contributed by atoms with Gasteiger partial charge in [0.15, 0.2) is 0 Å². The van der Waals surface area contributed by atoms with Gasteiger partial charge in [0.2, 0.25) is 5.95 Å². The molecule has 1 aromatic heterocycles. The topological polar surface area (TPSA) is 43.8 Å². The van der Waals surface area contributed by atoms with Gasteiger partial charge in [0, 0.05) is 12.1 Å². The molecule has 0 saturated heterocycles. The first-order valence-corrected chi connectivity index (χ1v) is 6.72. The monoisotopic (exact) mass is 287 g/mol. The van der Waals surface area contributed by atoms with Crippen LogP contribution >= 0.6 is 0 Å². The maximum atomic E-state index is 13.2. The van der Waals surface area contributed by atoms with Crippen molar-refractivity contribution < 1.29 is 8.78 Å². The minimum atomic E-state index is -0.335. The third-order valence-electron chi connectivity index (χ3n) is 3.56. The molecule has 1 unspecified atom stereocenters. The fourth-order valence-electron chi connectivity index (χ4n) is 2.61. The molecule has 3 aromatic rings. The molecule has 0 aliphatic rings. The Balaban J connectivity index is 1.95. The zero-order valence-electron chi connectivity index (χ0n) is 11.6. The van der Waals surface area contributed by atoms with E-state index < -0.39 is 0 Å². The quantitative estimate of drug-likeness (QED) is 0.798. The number of halogens is 2. The number of hydrogen-bond acceptors (Lipinski definition) is 2. The summed E-state index contributed by atoms with van der Waals surface area (Å²) in [5, 5.41) is 0. The summed E-state index contributed by atoms with van der Waals surface area (Å²) in [6.07, 6.45) is 0.688. The number of nitrogen functional groups attached to an aromatic ring is 1. The summed E-state index contributed by atoms with van der Waals surface area (Å²) in [5.74, 6) is -0.238. The Hall–Kier alpha value is -2.43. The lowest BCUT2D eigenvalue weighted by Gasteiger charge is -2.16. The van der Waals surface area contributed by atoms with E-state index in [1.807, 2.05) is 11.5 Å². The van der Waals surface area contributed by atoms with Crippen LogP contribution in [0.5, 0.6) is 0 Å². The van der Waals surface area contributed by atoms with Crippen LogP contribution in [0, 0.1) is 11.6 Å². The summed E-state index contributed by atoms with van der Waals surface area (Å²) in [6.45, 7) is 2.00. The van der Waals surface area contributed by atoms with Crippen molar-refractivity contribution in [3.63, 3.8) is 0 Å². The summed E-state index contributed by atoms with van der Waals surface area (Å²) in [7, 11) is 0. The summed E-state index contributed by atoms with van der Waals surface area (Å²) in [6, 6.07) is 10.8. The smallest absolute Gasteiger partial charge is 0.201 e. The van der Waals surface area contributed by atoms with E-state index in [1.54, 1.807) is 18.2 Å². The largest absolute Gasteiger partial charge is 0.369 e. The fraction of sp³-hybridized carbons (Fsp3) is 0.188. The van der Waals surface area contributed by atoms with Crippen LogP contribution in [0.3, 0.4) is 0 Å². The molecule has 108 valence electrons. The van der Waals surface area contributed by atoms with Crippen LogP contribution in [0.4, 0.5) is 14.7 Å². The average Bonchev–Trinajstić information content (AvgIpc) is 2.76. The second-order valence-corrected chi connectivity index (χ2v) is 5.15. The number of anilines is 1. The van der Waals surface area contributed by atoms with E-state index in [9.17, 15) is 8.78 Å². The molecule has 0 aliphatic carbocycles. The molecule has 0 radical (unpaired) electrons. The van der Waals surface area contributed by atoms with Crippen LogP contribution in [0.15, 0.2) is 42.5 Å². The standard InChI is InChI=1S/C16H15F2N3/c1-10(8-11-2-4-12(17)5-3-11)21-15-7-6-13(18)9-14(15)20-16(21)19/h2-7,9-10H,8H2,1H3,(H2,19,20). The van der Waals surface area contributed by atoms with E-state index in [4.69, 9.17) is 5.73 Å². The summed E-state index contributed by atoms with van der Waals surface area (Å²) < 4.78 is 28.0. The molecule has 3 nitrogen and oxygen atoms in total. The Morgan fingerprint density at radius 3 is 2.48 bits per heavy atom. The first-order chi connectivity index (χ1) is 10.0. The highest BCUT2D eigenvalue weighted by Crippen LogP contribution is 2.25. The van der Waals surface area contributed by atoms with Crippen molar-refractivity contribution in [1.82, 2.24) is 9.55 Å². The number of nitrogens with zero attached hydrogens (tertiary/aromatic N) is 2. The highest BCUT2D eigenvalue weighted by atomic mass is 19.1. The Morgan fingerprint density at radius 1 is 1.10 bits per heavy atom. The minimum absolute atomic E-state index is 0.0333. The van der Waals surface area contributed by atoms with Gasteiger partial charge in [-0.2, -0.15) is 0 Å². The number of rotatable bonds is 3. The Kier molecular flexibility index (Phi) is 3.33. The van der Waals surface area contributed by atoms with Gasteiger partial charge in [0.05, 0.1) is 11.0 Å². The van der Waals surface area contributed by atoms with Crippen LogP contribution in [-0.4, -0.2) is 9.55 Å². The Morgan fingerprint density at radius 2 is 1.76 bits per heavy atom. The zero-order chi connectivity index (χ0) is 15.0. The number of benzene rings is 2. The van der Waals surface area contributed by atoms with Crippen LogP contribution in [-0.2, 0) is 6.42 Å². The number of aromatic nitrogens is 2. The first-order valence-electron chi connectivity index (χ1n) is 6.72. The molecule has 5 heteroatoms. The molecular weight excluding hydrogens is 272 g/mol. The van der Waals surface area contributed by atoms with Gasteiger partial charge >= 0.3 is 0 Å². The van der Waals surface area contributed by atoms with E-state index in [-0.39, 0.29) is 17.7 Å². The third-order valence-corrected chi connectivity index (χ3v) is 3.56. The van der Waals surface area contributed by atoms with Gasteiger partial charge in [-0.05, 0) is 43.2 Å². The molecule has 0 aliphatic heterocycles. The van der Waals surface area contributed by atoms with E-state index in [1.165, 1.54) is 24.3 Å². The van der Waals surface area contributed by atoms with E-state index >= 15 is 0 Å². The predicted molar refractivity (Wildman–Crippen MR) is 78.9 cm³/mol. The molecule has 0 bridgehead atoms. The van der Waals surface area contributed by atoms with Crippen molar-refractivity contribution in [1.29, 1.82) is 0 Å². The van der Waals surface area contributed by atoms with Crippen molar-refractivity contribution in [3.05, 3.63) is 59.7 Å². The first kappa shape index (κ1) is 13.5. The van der Waals surface area contributed by atoms with Gasteiger partial charge < -0.3 is 10.3 Å². The van der Waals surface area contributed by atoms with Gasteiger partial charge in [0.25, 0.3) is 0 Å².